The van der Waals surface area contributed by atoms with Crippen LogP contribution < -0.4 is 0 Å². The highest BCUT2D eigenvalue weighted by Crippen LogP contribution is 2.44. The Labute approximate surface area is 141 Å². The van der Waals surface area contributed by atoms with Crippen LogP contribution in [-0.4, -0.2) is 29.6 Å². The topological polar surface area (TPSA) is 23.5 Å². The van der Waals surface area contributed by atoms with E-state index in [2.05, 4.69) is 45.1 Å². The molecule has 2 fully saturated rings. The lowest BCUT2D eigenvalue weighted by atomic mass is 9.83. The van der Waals surface area contributed by atoms with E-state index in [9.17, 15) is 5.11 Å². The number of piperidine rings is 1. The number of nitrogens with zero attached hydrogens (tertiary/aromatic N) is 1. The highest BCUT2D eigenvalue weighted by atomic mass is 79.9. The zero-order chi connectivity index (χ0) is 15.2. The van der Waals surface area contributed by atoms with Crippen LogP contribution in [0.1, 0.15) is 31.2 Å². The van der Waals surface area contributed by atoms with Crippen LogP contribution >= 0.6 is 15.9 Å². The summed E-state index contributed by atoms with van der Waals surface area (Å²) in [6.45, 7) is 3.26. The van der Waals surface area contributed by atoms with Crippen molar-refractivity contribution in [1.29, 1.82) is 0 Å². The number of benzene rings is 1. The molecule has 3 aliphatic rings. The minimum atomic E-state index is -0.633. The van der Waals surface area contributed by atoms with Crippen molar-refractivity contribution in [3.8, 4) is 0 Å². The molecule has 1 aromatic rings. The lowest BCUT2D eigenvalue weighted by Crippen LogP contribution is -2.44. The van der Waals surface area contributed by atoms with Gasteiger partial charge in [0.05, 0.1) is 5.60 Å². The Kier molecular flexibility index (Phi) is 3.91. The lowest BCUT2D eigenvalue weighted by Gasteiger charge is -2.40. The number of allylic oxidation sites excluding steroid dienone is 2. The molecule has 1 saturated heterocycles. The SMILES string of the molecule is OC1(c2ccc(Br)cc2)CCN(C[C@H]2C[C@H]3C=C[C@H]2C3)CC1. The molecule has 0 radical (unpaired) electrons. The van der Waals surface area contributed by atoms with E-state index in [4.69, 9.17) is 0 Å². The summed E-state index contributed by atoms with van der Waals surface area (Å²) in [5.41, 5.74) is 0.435. The number of hydrogen-bond donors (Lipinski definition) is 1. The molecule has 2 bridgehead atoms. The first kappa shape index (κ1) is 14.9. The third-order valence-electron chi connectivity index (χ3n) is 5.97. The van der Waals surface area contributed by atoms with Gasteiger partial charge in [-0.3, -0.25) is 0 Å². The predicted molar refractivity (Wildman–Crippen MR) is 92.6 cm³/mol. The molecule has 4 rings (SSSR count). The second-order valence-corrected chi connectivity index (χ2v) is 8.30. The van der Waals surface area contributed by atoms with E-state index in [1.54, 1.807) is 0 Å². The maximum Gasteiger partial charge on any atom is 0.0920 e. The van der Waals surface area contributed by atoms with Crippen LogP contribution in [0.2, 0.25) is 0 Å². The van der Waals surface area contributed by atoms with Crippen molar-refractivity contribution in [1.82, 2.24) is 4.90 Å². The fraction of sp³-hybridized carbons (Fsp3) is 0.579. The van der Waals surface area contributed by atoms with Crippen LogP contribution in [0.25, 0.3) is 0 Å². The highest BCUT2D eigenvalue weighted by molar-refractivity contribution is 9.10. The van der Waals surface area contributed by atoms with Crippen LogP contribution in [0.4, 0.5) is 0 Å². The highest BCUT2D eigenvalue weighted by Gasteiger charge is 2.39. The zero-order valence-corrected chi connectivity index (χ0v) is 14.5. The quantitative estimate of drug-likeness (QED) is 0.824. The maximum atomic E-state index is 11.0. The molecule has 2 nitrogen and oxygen atoms in total. The molecule has 0 spiro atoms. The van der Waals surface area contributed by atoms with Gasteiger partial charge in [0.1, 0.15) is 0 Å². The van der Waals surface area contributed by atoms with E-state index < -0.39 is 5.60 Å². The Morgan fingerprint density at radius 3 is 2.41 bits per heavy atom. The van der Waals surface area contributed by atoms with Gasteiger partial charge in [-0.25, -0.2) is 0 Å². The first-order chi connectivity index (χ1) is 10.6. The summed E-state index contributed by atoms with van der Waals surface area (Å²) in [7, 11) is 0. The lowest BCUT2D eigenvalue weighted by molar-refractivity contribution is -0.0295. The number of halogens is 1. The fourth-order valence-corrected chi connectivity index (χ4v) is 4.85. The zero-order valence-electron chi connectivity index (χ0n) is 12.9. The molecule has 3 atom stereocenters. The Hall–Kier alpha value is -0.640. The van der Waals surface area contributed by atoms with Crippen molar-refractivity contribution in [3.05, 3.63) is 46.5 Å². The molecular weight excluding hydrogens is 338 g/mol. The molecule has 1 aliphatic heterocycles. The Balaban J connectivity index is 1.36. The third-order valence-corrected chi connectivity index (χ3v) is 6.50. The number of rotatable bonds is 3. The normalized spacial score (nSPS) is 33.5. The van der Waals surface area contributed by atoms with Gasteiger partial charge >= 0.3 is 0 Å². The molecular formula is C19H24BrNO. The minimum Gasteiger partial charge on any atom is -0.385 e. The molecule has 3 heteroatoms. The van der Waals surface area contributed by atoms with E-state index in [0.29, 0.717) is 0 Å². The molecule has 1 N–H and O–H groups in total. The smallest absolute Gasteiger partial charge is 0.0920 e. The van der Waals surface area contributed by atoms with Crippen molar-refractivity contribution in [3.63, 3.8) is 0 Å². The summed E-state index contributed by atoms with van der Waals surface area (Å²) in [4.78, 5) is 2.58. The van der Waals surface area contributed by atoms with Gasteiger partial charge in [-0.1, -0.05) is 40.2 Å². The van der Waals surface area contributed by atoms with Crippen LogP contribution in [0.5, 0.6) is 0 Å². The van der Waals surface area contributed by atoms with Crippen molar-refractivity contribution in [2.45, 2.75) is 31.3 Å². The standard InChI is InChI=1S/C19H24BrNO/c20-18-5-3-17(4-6-18)19(22)7-9-21(10-8-19)13-16-12-14-1-2-15(16)11-14/h1-6,14-16,22H,7-13H2/t14-,15-,16+/m0/s1. The second-order valence-electron chi connectivity index (χ2n) is 7.38. The summed E-state index contributed by atoms with van der Waals surface area (Å²) in [5.74, 6) is 2.55. The molecule has 1 aromatic carbocycles. The molecule has 1 heterocycles. The van der Waals surface area contributed by atoms with Crippen LogP contribution in [0.15, 0.2) is 40.9 Å². The van der Waals surface area contributed by atoms with Crippen LogP contribution in [0, 0.1) is 17.8 Å². The predicted octanol–water partition coefficient (Wildman–Crippen LogP) is 3.94. The molecule has 118 valence electrons. The van der Waals surface area contributed by atoms with E-state index in [1.807, 2.05) is 12.1 Å². The number of aliphatic hydroxyl groups is 1. The fourth-order valence-electron chi connectivity index (χ4n) is 4.59. The first-order valence-electron chi connectivity index (χ1n) is 8.51. The molecule has 0 amide bonds. The summed E-state index contributed by atoms with van der Waals surface area (Å²) in [5, 5.41) is 11.0. The van der Waals surface area contributed by atoms with Gasteiger partial charge in [0, 0.05) is 24.1 Å². The summed E-state index contributed by atoms with van der Waals surface area (Å²) >= 11 is 3.47. The van der Waals surface area contributed by atoms with E-state index in [0.717, 1.165) is 53.7 Å². The summed E-state index contributed by atoms with van der Waals surface area (Å²) < 4.78 is 1.07. The molecule has 0 aromatic heterocycles. The Morgan fingerprint density at radius 1 is 1.09 bits per heavy atom. The molecule has 22 heavy (non-hydrogen) atoms. The first-order valence-corrected chi connectivity index (χ1v) is 9.31. The van der Waals surface area contributed by atoms with Gasteiger partial charge in [0.25, 0.3) is 0 Å². The summed E-state index contributed by atoms with van der Waals surface area (Å²) in [6.07, 6.45) is 9.34. The average Bonchev–Trinajstić information content (AvgIpc) is 3.13. The van der Waals surface area contributed by atoms with Crippen molar-refractivity contribution >= 4 is 15.9 Å². The van der Waals surface area contributed by atoms with Gasteiger partial charge < -0.3 is 10.0 Å². The monoisotopic (exact) mass is 361 g/mol. The maximum absolute atomic E-state index is 11.0. The average molecular weight is 362 g/mol. The van der Waals surface area contributed by atoms with E-state index >= 15 is 0 Å². The van der Waals surface area contributed by atoms with Crippen LogP contribution in [0.3, 0.4) is 0 Å². The third kappa shape index (κ3) is 2.79. The molecule has 1 saturated carbocycles. The molecule has 2 aliphatic carbocycles. The minimum absolute atomic E-state index is 0.633. The summed E-state index contributed by atoms with van der Waals surface area (Å²) in [6, 6.07) is 8.17. The largest absolute Gasteiger partial charge is 0.385 e. The second kappa shape index (κ2) is 5.77. The van der Waals surface area contributed by atoms with E-state index in [1.165, 1.54) is 19.4 Å². The Bertz CT molecular complexity index is 559. The van der Waals surface area contributed by atoms with E-state index in [-0.39, 0.29) is 0 Å². The van der Waals surface area contributed by atoms with Gasteiger partial charge in [0.2, 0.25) is 0 Å². The van der Waals surface area contributed by atoms with Gasteiger partial charge in [-0.15, -0.1) is 0 Å². The number of likely N-dealkylation sites (tertiary alicyclic amines) is 1. The van der Waals surface area contributed by atoms with Crippen molar-refractivity contribution < 1.29 is 5.11 Å². The van der Waals surface area contributed by atoms with Gasteiger partial charge in [0.15, 0.2) is 0 Å². The van der Waals surface area contributed by atoms with Gasteiger partial charge in [-0.2, -0.15) is 0 Å². The Morgan fingerprint density at radius 2 is 1.82 bits per heavy atom. The van der Waals surface area contributed by atoms with Crippen LogP contribution in [-0.2, 0) is 5.60 Å². The number of fused-ring (bicyclic) bond motifs is 2. The molecule has 0 unspecified atom stereocenters. The number of hydrogen-bond acceptors (Lipinski definition) is 2. The van der Waals surface area contributed by atoms with Crippen molar-refractivity contribution in [2.24, 2.45) is 17.8 Å². The van der Waals surface area contributed by atoms with Gasteiger partial charge in [-0.05, 0) is 61.1 Å². The van der Waals surface area contributed by atoms with Crippen molar-refractivity contribution in [2.75, 3.05) is 19.6 Å².